The molecule has 0 spiro atoms. The van der Waals surface area contributed by atoms with E-state index in [1.165, 1.54) is 0 Å². The molecule has 0 aliphatic carbocycles. The summed E-state index contributed by atoms with van der Waals surface area (Å²) in [5, 5.41) is 8.93. The van der Waals surface area contributed by atoms with Gasteiger partial charge in [0, 0.05) is 5.56 Å². The number of nitrogens with zero attached hydrogens (tertiary/aromatic N) is 1. The van der Waals surface area contributed by atoms with Gasteiger partial charge in [0.2, 0.25) is 0 Å². The van der Waals surface area contributed by atoms with Gasteiger partial charge in [-0.15, -0.1) is 11.3 Å². The molecule has 2 aromatic heterocycles. The molecule has 4 heteroatoms. The van der Waals surface area contributed by atoms with E-state index < -0.39 is 0 Å². The minimum Gasteiger partial charge on any atom is -0.459 e. The van der Waals surface area contributed by atoms with Gasteiger partial charge in [0.15, 0.2) is 0 Å². The van der Waals surface area contributed by atoms with Gasteiger partial charge >= 0.3 is 0 Å². The molecule has 0 saturated heterocycles. The molecule has 1 aromatic carbocycles. The van der Waals surface area contributed by atoms with Crippen LogP contribution in [0.1, 0.15) is 5.76 Å². The highest BCUT2D eigenvalue weighted by Crippen LogP contribution is 2.27. The van der Waals surface area contributed by atoms with E-state index in [2.05, 4.69) is 4.98 Å². The smallest absolute Gasteiger partial charge is 0.134 e. The number of furan rings is 1. The predicted octanol–water partition coefficient (Wildman–Crippen LogP) is 3.05. The van der Waals surface area contributed by atoms with E-state index in [1.54, 1.807) is 17.4 Å². The van der Waals surface area contributed by atoms with Gasteiger partial charge in [0.05, 0.1) is 15.7 Å². The number of benzene rings is 1. The SMILES string of the molecule is OCc1ccc(-c2ccc3ncsc3c2)o1. The fraction of sp³-hybridized carbons (Fsp3) is 0.0833. The highest BCUT2D eigenvalue weighted by Gasteiger charge is 2.05. The fourth-order valence-corrected chi connectivity index (χ4v) is 2.34. The Bertz CT molecular complexity index is 627. The van der Waals surface area contributed by atoms with Crippen molar-refractivity contribution in [3.05, 3.63) is 41.6 Å². The first-order valence-corrected chi connectivity index (χ1v) is 5.78. The van der Waals surface area contributed by atoms with Crippen LogP contribution < -0.4 is 0 Å². The average molecular weight is 231 g/mol. The molecule has 0 radical (unpaired) electrons. The Kier molecular flexibility index (Phi) is 2.23. The van der Waals surface area contributed by atoms with Crippen LogP contribution >= 0.6 is 11.3 Å². The van der Waals surface area contributed by atoms with Crippen LogP contribution in [0.15, 0.2) is 40.3 Å². The summed E-state index contributed by atoms with van der Waals surface area (Å²) in [7, 11) is 0. The lowest BCUT2D eigenvalue weighted by Gasteiger charge is -1.96. The second kappa shape index (κ2) is 3.73. The number of aliphatic hydroxyl groups excluding tert-OH is 1. The van der Waals surface area contributed by atoms with E-state index in [1.807, 2.05) is 29.8 Å². The van der Waals surface area contributed by atoms with Crippen LogP contribution in [0.2, 0.25) is 0 Å². The zero-order valence-electron chi connectivity index (χ0n) is 8.38. The summed E-state index contributed by atoms with van der Waals surface area (Å²) in [6.45, 7) is -0.0667. The molecule has 80 valence electrons. The van der Waals surface area contributed by atoms with E-state index in [4.69, 9.17) is 9.52 Å². The van der Waals surface area contributed by atoms with Gasteiger partial charge in [-0.2, -0.15) is 0 Å². The molecule has 0 aliphatic rings. The first kappa shape index (κ1) is 9.57. The molecule has 0 aliphatic heterocycles. The van der Waals surface area contributed by atoms with Crippen LogP contribution in [-0.4, -0.2) is 10.1 Å². The zero-order valence-corrected chi connectivity index (χ0v) is 9.20. The Morgan fingerprint density at radius 3 is 3.00 bits per heavy atom. The van der Waals surface area contributed by atoms with Crippen molar-refractivity contribution in [2.75, 3.05) is 0 Å². The molecule has 3 nitrogen and oxygen atoms in total. The molecule has 1 N–H and O–H groups in total. The Balaban J connectivity index is 2.10. The second-order valence-electron chi connectivity index (χ2n) is 3.46. The molecular weight excluding hydrogens is 222 g/mol. The van der Waals surface area contributed by atoms with Gasteiger partial charge in [-0.05, 0) is 30.3 Å². The third-order valence-electron chi connectivity index (χ3n) is 2.43. The summed E-state index contributed by atoms with van der Waals surface area (Å²) in [6.07, 6.45) is 0. The third-order valence-corrected chi connectivity index (χ3v) is 3.23. The number of rotatable bonds is 2. The van der Waals surface area contributed by atoms with Crippen molar-refractivity contribution < 1.29 is 9.52 Å². The van der Waals surface area contributed by atoms with Gasteiger partial charge in [-0.1, -0.05) is 0 Å². The van der Waals surface area contributed by atoms with Crippen LogP contribution in [0.3, 0.4) is 0 Å². The molecule has 3 aromatic rings. The second-order valence-corrected chi connectivity index (χ2v) is 4.35. The first-order valence-electron chi connectivity index (χ1n) is 4.90. The van der Waals surface area contributed by atoms with Crippen molar-refractivity contribution >= 4 is 21.6 Å². The molecule has 3 rings (SSSR count). The quantitative estimate of drug-likeness (QED) is 0.737. The monoisotopic (exact) mass is 231 g/mol. The molecule has 0 fully saturated rings. The van der Waals surface area contributed by atoms with Crippen molar-refractivity contribution in [3.8, 4) is 11.3 Å². The number of hydrogen-bond acceptors (Lipinski definition) is 4. The van der Waals surface area contributed by atoms with E-state index in [0.717, 1.165) is 21.5 Å². The maximum Gasteiger partial charge on any atom is 0.134 e. The summed E-state index contributed by atoms with van der Waals surface area (Å²) >= 11 is 1.61. The molecule has 2 heterocycles. The Morgan fingerprint density at radius 1 is 1.25 bits per heavy atom. The van der Waals surface area contributed by atoms with Gasteiger partial charge < -0.3 is 9.52 Å². The summed E-state index contributed by atoms with van der Waals surface area (Å²) in [5.74, 6) is 1.36. The summed E-state index contributed by atoms with van der Waals surface area (Å²) in [6, 6.07) is 9.65. The van der Waals surface area contributed by atoms with Gasteiger partial charge in [-0.25, -0.2) is 4.98 Å². The standard InChI is InChI=1S/C12H9NO2S/c14-6-9-2-4-11(15-9)8-1-3-10-12(5-8)16-7-13-10/h1-5,7,14H,6H2. The maximum absolute atomic E-state index is 8.93. The average Bonchev–Trinajstić information content (AvgIpc) is 2.96. The van der Waals surface area contributed by atoms with E-state index in [-0.39, 0.29) is 6.61 Å². The van der Waals surface area contributed by atoms with Gasteiger partial charge in [0.25, 0.3) is 0 Å². The highest BCUT2D eigenvalue weighted by molar-refractivity contribution is 7.16. The number of aliphatic hydroxyl groups is 1. The van der Waals surface area contributed by atoms with E-state index in [9.17, 15) is 0 Å². The van der Waals surface area contributed by atoms with Crippen molar-refractivity contribution in [1.82, 2.24) is 4.98 Å². The van der Waals surface area contributed by atoms with Crippen molar-refractivity contribution in [2.45, 2.75) is 6.61 Å². The van der Waals surface area contributed by atoms with E-state index in [0.29, 0.717) is 5.76 Å². The maximum atomic E-state index is 8.93. The number of hydrogen-bond donors (Lipinski definition) is 1. The number of thiazole rings is 1. The van der Waals surface area contributed by atoms with Gasteiger partial charge in [-0.3, -0.25) is 0 Å². The molecule has 0 amide bonds. The van der Waals surface area contributed by atoms with Gasteiger partial charge in [0.1, 0.15) is 18.1 Å². The lowest BCUT2D eigenvalue weighted by molar-refractivity contribution is 0.248. The zero-order chi connectivity index (χ0) is 11.0. The lowest BCUT2D eigenvalue weighted by atomic mass is 10.2. The molecule has 0 saturated carbocycles. The molecular formula is C12H9NO2S. The number of aromatic nitrogens is 1. The summed E-state index contributed by atoms with van der Waals surface area (Å²) in [4.78, 5) is 4.22. The predicted molar refractivity (Wildman–Crippen MR) is 63.2 cm³/mol. The largest absolute Gasteiger partial charge is 0.459 e. The minimum absolute atomic E-state index is 0.0667. The molecule has 0 bridgehead atoms. The van der Waals surface area contributed by atoms with Crippen LogP contribution in [0.4, 0.5) is 0 Å². The lowest BCUT2D eigenvalue weighted by Crippen LogP contribution is -1.76. The number of fused-ring (bicyclic) bond motifs is 1. The minimum atomic E-state index is -0.0667. The van der Waals surface area contributed by atoms with Crippen molar-refractivity contribution in [2.24, 2.45) is 0 Å². The Labute approximate surface area is 96.0 Å². The molecule has 0 atom stereocenters. The third kappa shape index (κ3) is 1.52. The van der Waals surface area contributed by atoms with Crippen LogP contribution in [0.5, 0.6) is 0 Å². The summed E-state index contributed by atoms with van der Waals surface area (Å²) < 4.78 is 6.62. The topological polar surface area (TPSA) is 46.3 Å². The van der Waals surface area contributed by atoms with Crippen molar-refractivity contribution in [3.63, 3.8) is 0 Å². The van der Waals surface area contributed by atoms with Crippen LogP contribution in [0, 0.1) is 0 Å². The van der Waals surface area contributed by atoms with Crippen molar-refractivity contribution in [1.29, 1.82) is 0 Å². The Hall–Kier alpha value is -1.65. The van der Waals surface area contributed by atoms with Crippen LogP contribution in [0.25, 0.3) is 21.5 Å². The van der Waals surface area contributed by atoms with Crippen LogP contribution in [-0.2, 0) is 6.61 Å². The molecule has 0 unspecified atom stereocenters. The molecule has 16 heavy (non-hydrogen) atoms. The van der Waals surface area contributed by atoms with E-state index >= 15 is 0 Å². The highest BCUT2D eigenvalue weighted by atomic mass is 32.1. The normalized spacial score (nSPS) is 11.1. The first-order chi connectivity index (χ1) is 7.86. The Morgan fingerprint density at radius 2 is 2.19 bits per heavy atom. The summed E-state index contributed by atoms with van der Waals surface area (Å²) in [5.41, 5.74) is 3.84. The fourth-order valence-electron chi connectivity index (χ4n) is 1.63.